The molecule has 0 amide bonds. The van der Waals surface area contributed by atoms with Crippen molar-refractivity contribution in [1.29, 1.82) is 0 Å². The summed E-state index contributed by atoms with van der Waals surface area (Å²) < 4.78 is 19.1. The first-order valence-corrected chi connectivity index (χ1v) is 8.53. The van der Waals surface area contributed by atoms with E-state index >= 15 is 0 Å². The summed E-state index contributed by atoms with van der Waals surface area (Å²) in [4.78, 5) is 13.9. The predicted molar refractivity (Wildman–Crippen MR) is 91.6 cm³/mol. The number of hydrogen-bond acceptors (Lipinski definition) is 3. The molecule has 23 heavy (non-hydrogen) atoms. The maximum Gasteiger partial charge on any atom is 0.210 e. The normalized spacial score (nSPS) is 16.6. The molecule has 0 N–H and O–H groups in total. The predicted octanol–water partition coefficient (Wildman–Crippen LogP) is 4.79. The number of hydrogen-bond donors (Lipinski definition) is 0. The van der Waals surface area contributed by atoms with E-state index < -0.39 is 5.60 Å². The van der Waals surface area contributed by atoms with E-state index in [4.69, 9.17) is 4.74 Å². The van der Waals surface area contributed by atoms with Crippen LogP contribution in [0.3, 0.4) is 0 Å². The molecule has 0 fully saturated rings. The Morgan fingerprint density at radius 2 is 1.52 bits per heavy atom. The second-order valence-corrected chi connectivity index (χ2v) is 6.76. The average molecular weight is 328 g/mol. The molecule has 118 valence electrons. The third kappa shape index (κ3) is 2.91. The fourth-order valence-corrected chi connectivity index (χ4v) is 2.99. The van der Waals surface area contributed by atoms with Gasteiger partial charge in [0.15, 0.2) is 5.60 Å². The molecule has 0 radical (unpaired) electrons. The van der Waals surface area contributed by atoms with Crippen molar-refractivity contribution < 1.29 is 13.9 Å². The van der Waals surface area contributed by atoms with Crippen molar-refractivity contribution in [3.63, 3.8) is 0 Å². The van der Waals surface area contributed by atoms with E-state index in [1.165, 1.54) is 12.1 Å². The molecule has 0 spiro atoms. The van der Waals surface area contributed by atoms with Crippen molar-refractivity contribution in [3.8, 4) is 0 Å². The Balaban J connectivity index is 2.14. The van der Waals surface area contributed by atoms with Crippen molar-refractivity contribution in [3.05, 3.63) is 65.5 Å². The average Bonchev–Trinajstić information content (AvgIpc) is 2.79. The first-order chi connectivity index (χ1) is 10.9. The molecular formula is C19H17FO2S. The van der Waals surface area contributed by atoms with Gasteiger partial charge in [0.25, 0.3) is 0 Å². The van der Waals surface area contributed by atoms with Gasteiger partial charge in [0, 0.05) is 10.5 Å². The summed E-state index contributed by atoms with van der Waals surface area (Å²) in [5.41, 5.74) is 1.11. The molecule has 0 atom stereocenters. The minimum absolute atomic E-state index is 0.0898. The van der Waals surface area contributed by atoms with Crippen LogP contribution in [0.5, 0.6) is 0 Å². The van der Waals surface area contributed by atoms with Crippen LogP contribution in [-0.4, -0.2) is 17.6 Å². The van der Waals surface area contributed by atoms with Gasteiger partial charge in [0.1, 0.15) is 11.6 Å². The van der Waals surface area contributed by atoms with Gasteiger partial charge in [0.05, 0.1) is 5.57 Å². The minimum Gasteiger partial charge on any atom is -0.478 e. The molecule has 0 bridgehead atoms. The smallest absolute Gasteiger partial charge is 0.210 e. The van der Waals surface area contributed by atoms with Gasteiger partial charge in [-0.05, 0) is 49.9 Å². The SMILES string of the molecule is CSc1ccc(C2=C(c3ccc(F)cc3)C(=O)C(C)(C)O2)cc1. The molecule has 2 nitrogen and oxygen atoms in total. The number of rotatable bonds is 3. The number of benzene rings is 2. The van der Waals surface area contributed by atoms with E-state index in [-0.39, 0.29) is 11.6 Å². The van der Waals surface area contributed by atoms with Crippen molar-refractivity contribution >= 4 is 28.9 Å². The highest BCUT2D eigenvalue weighted by molar-refractivity contribution is 7.98. The Hall–Kier alpha value is -2.07. The van der Waals surface area contributed by atoms with Crippen molar-refractivity contribution in [1.82, 2.24) is 0 Å². The molecule has 0 saturated heterocycles. The second-order valence-electron chi connectivity index (χ2n) is 5.88. The monoisotopic (exact) mass is 328 g/mol. The van der Waals surface area contributed by atoms with Gasteiger partial charge in [-0.3, -0.25) is 4.79 Å². The number of ether oxygens (including phenoxy) is 1. The number of thioether (sulfide) groups is 1. The zero-order chi connectivity index (χ0) is 16.6. The van der Waals surface area contributed by atoms with Crippen molar-refractivity contribution in [2.75, 3.05) is 6.26 Å². The molecule has 0 unspecified atom stereocenters. The molecule has 1 heterocycles. The van der Waals surface area contributed by atoms with E-state index in [0.29, 0.717) is 16.9 Å². The number of ketones is 1. The molecule has 1 aliphatic heterocycles. The lowest BCUT2D eigenvalue weighted by Gasteiger charge is -2.17. The fourth-order valence-electron chi connectivity index (χ4n) is 2.58. The molecule has 2 aromatic carbocycles. The van der Waals surface area contributed by atoms with Gasteiger partial charge in [-0.15, -0.1) is 11.8 Å². The van der Waals surface area contributed by atoms with Crippen LogP contribution in [0.4, 0.5) is 4.39 Å². The van der Waals surface area contributed by atoms with Crippen LogP contribution in [-0.2, 0) is 9.53 Å². The Labute approximate surface area is 139 Å². The maximum atomic E-state index is 13.2. The van der Waals surface area contributed by atoms with Crippen molar-refractivity contribution in [2.24, 2.45) is 0 Å². The summed E-state index contributed by atoms with van der Waals surface area (Å²) in [5, 5.41) is 0. The van der Waals surface area contributed by atoms with E-state index in [2.05, 4.69) is 0 Å². The molecule has 2 aromatic rings. The Morgan fingerprint density at radius 1 is 0.957 bits per heavy atom. The van der Waals surface area contributed by atoms with Gasteiger partial charge in [0.2, 0.25) is 5.78 Å². The van der Waals surface area contributed by atoms with Crippen molar-refractivity contribution in [2.45, 2.75) is 24.3 Å². The van der Waals surface area contributed by atoms with Gasteiger partial charge in [-0.25, -0.2) is 4.39 Å². The second kappa shape index (κ2) is 5.85. The number of carbonyl (C=O) groups excluding carboxylic acids is 1. The summed E-state index contributed by atoms with van der Waals surface area (Å²) in [5.74, 6) is 0.137. The van der Waals surface area contributed by atoms with Crippen LogP contribution >= 0.6 is 11.8 Å². The summed E-state index contributed by atoms with van der Waals surface area (Å²) >= 11 is 1.65. The Bertz CT molecular complexity index is 774. The summed E-state index contributed by atoms with van der Waals surface area (Å²) in [6, 6.07) is 13.8. The lowest BCUT2D eigenvalue weighted by atomic mass is 9.92. The summed E-state index contributed by atoms with van der Waals surface area (Å²) in [6.45, 7) is 3.50. The highest BCUT2D eigenvalue weighted by Crippen LogP contribution is 2.41. The lowest BCUT2D eigenvalue weighted by molar-refractivity contribution is -0.125. The van der Waals surface area contributed by atoms with Crippen LogP contribution in [0.1, 0.15) is 25.0 Å². The van der Waals surface area contributed by atoms with E-state index in [1.54, 1.807) is 37.7 Å². The van der Waals surface area contributed by atoms with E-state index in [1.807, 2.05) is 30.5 Å². The number of halogens is 1. The lowest BCUT2D eigenvalue weighted by Crippen LogP contribution is -2.29. The quantitative estimate of drug-likeness (QED) is 0.758. The fraction of sp³-hybridized carbons (Fsp3) is 0.211. The van der Waals surface area contributed by atoms with Crippen LogP contribution in [0.25, 0.3) is 11.3 Å². The third-order valence-corrected chi connectivity index (χ3v) is 4.59. The molecule has 0 aromatic heterocycles. The van der Waals surface area contributed by atoms with Gasteiger partial charge >= 0.3 is 0 Å². The standard InChI is InChI=1S/C19H17FO2S/c1-19(2)18(21)16(12-4-8-14(20)9-5-12)17(22-19)13-6-10-15(23-3)11-7-13/h4-11H,1-3H3. The summed E-state index contributed by atoms with van der Waals surface area (Å²) in [7, 11) is 0. The molecule has 0 saturated carbocycles. The molecule has 3 rings (SSSR count). The van der Waals surface area contributed by atoms with Crippen LogP contribution in [0.15, 0.2) is 53.4 Å². The zero-order valence-electron chi connectivity index (χ0n) is 13.2. The maximum absolute atomic E-state index is 13.2. The van der Waals surface area contributed by atoms with E-state index in [9.17, 15) is 9.18 Å². The molecule has 4 heteroatoms. The highest BCUT2D eigenvalue weighted by atomic mass is 32.2. The topological polar surface area (TPSA) is 26.3 Å². The summed E-state index contributed by atoms with van der Waals surface area (Å²) in [6.07, 6.45) is 2.01. The molecular weight excluding hydrogens is 311 g/mol. The minimum atomic E-state index is -0.919. The van der Waals surface area contributed by atoms with Crippen LogP contribution in [0.2, 0.25) is 0 Å². The Kier molecular flexibility index (Phi) is 4.02. The largest absolute Gasteiger partial charge is 0.478 e. The molecule has 1 aliphatic rings. The number of Topliss-reactive ketones (excluding diaryl/α,β-unsaturated/α-hetero) is 1. The van der Waals surface area contributed by atoms with Crippen LogP contribution in [0, 0.1) is 5.82 Å². The Morgan fingerprint density at radius 3 is 2.09 bits per heavy atom. The highest BCUT2D eigenvalue weighted by Gasteiger charge is 2.42. The zero-order valence-corrected chi connectivity index (χ0v) is 14.0. The third-order valence-electron chi connectivity index (χ3n) is 3.84. The molecule has 0 aliphatic carbocycles. The first kappa shape index (κ1) is 15.8. The van der Waals surface area contributed by atoms with E-state index in [0.717, 1.165) is 10.5 Å². The van der Waals surface area contributed by atoms with Crippen LogP contribution < -0.4 is 0 Å². The van der Waals surface area contributed by atoms with Gasteiger partial charge < -0.3 is 4.74 Å². The number of carbonyl (C=O) groups is 1. The van der Waals surface area contributed by atoms with Gasteiger partial charge in [-0.1, -0.05) is 24.3 Å². The first-order valence-electron chi connectivity index (χ1n) is 7.31. The van der Waals surface area contributed by atoms with Gasteiger partial charge in [-0.2, -0.15) is 0 Å².